The van der Waals surface area contributed by atoms with Gasteiger partial charge in [0.25, 0.3) is 0 Å². The van der Waals surface area contributed by atoms with Crippen LogP contribution in [0.25, 0.3) is 89.7 Å². The fraction of sp³-hybridized carbons (Fsp3) is 0.500. The zero-order valence-corrected chi connectivity index (χ0v) is 55.1. The van der Waals surface area contributed by atoms with Gasteiger partial charge in [0.05, 0.1) is 0 Å². The number of hydrogen-bond donors (Lipinski definition) is 2. The van der Waals surface area contributed by atoms with E-state index in [0.717, 1.165) is 215 Å². The summed E-state index contributed by atoms with van der Waals surface area (Å²) in [6.07, 6.45) is 18.1. The topological polar surface area (TPSA) is 109 Å². The highest BCUT2D eigenvalue weighted by Gasteiger charge is 2.31. The molecule has 4 aromatic carbocycles. The lowest BCUT2D eigenvalue weighted by molar-refractivity contribution is 0.895. The minimum absolute atomic E-state index is 0.697. The molecule has 9 rings (SSSR count). The number of aromatic amines is 2. The molecule has 16 heteroatoms. The van der Waals surface area contributed by atoms with Crippen molar-refractivity contribution in [3.8, 4) is 45.6 Å². The van der Waals surface area contributed by atoms with Crippen molar-refractivity contribution in [2.75, 3.05) is 46.0 Å². The monoisotopic (exact) mass is 1220 g/mol. The molecule has 0 unspecified atom stereocenters. The Bertz CT molecular complexity index is 2960. The standard InChI is InChI=1S/C64H82N8S8/c1-9-17-33-73-41-25-26-42(74-34-18-10-2)50-49(41)57-65-58(50)70-60-53-45(77-37-21-13-5)29-30-46(78-38-22-14-6)54(53)62(67-60)72-64-56-48(80-40-24-16-8)32-31-47(79-39-23-15-7)55(56)63(68-64)71-61-52-44(76-36-20-12-4)28-27-43(75-35-19-11-3)51(52)59(66-61)69-57/h25-32H,9-24,33-40H2,1-8H3,(H2,65,66,67,68,69,70,71,72). The first-order valence-corrected chi connectivity index (χ1v) is 37.8. The molecule has 426 valence electrons. The predicted molar refractivity (Wildman–Crippen MR) is 361 cm³/mol. The van der Waals surface area contributed by atoms with Crippen molar-refractivity contribution < 1.29 is 0 Å². The molecule has 0 saturated carbocycles. The molecule has 0 aliphatic carbocycles. The van der Waals surface area contributed by atoms with Crippen LogP contribution in [0.4, 0.5) is 0 Å². The van der Waals surface area contributed by atoms with Crippen molar-refractivity contribution in [2.24, 2.45) is 0 Å². The van der Waals surface area contributed by atoms with Crippen LogP contribution in [0.2, 0.25) is 0 Å². The minimum atomic E-state index is 0.697. The van der Waals surface area contributed by atoms with Crippen LogP contribution in [0.1, 0.15) is 158 Å². The largest absolute Gasteiger partial charge is 0.324 e. The van der Waals surface area contributed by atoms with Crippen LogP contribution >= 0.6 is 94.1 Å². The molecule has 0 atom stereocenters. The number of thioether (sulfide) groups is 8. The molecule has 80 heavy (non-hydrogen) atoms. The third kappa shape index (κ3) is 14.4. The summed E-state index contributed by atoms with van der Waals surface area (Å²) in [5.74, 6) is 10.9. The van der Waals surface area contributed by atoms with E-state index < -0.39 is 0 Å². The number of nitrogens with zero attached hydrogens (tertiary/aromatic N) is 6. The van der Waals surface area contributed by atoms with Crippen LogP contribution < -0.4 is 0 Å². The second-order valence-corrected chi connectivity index (χ2v) is 29.6. The van der Waals surface area contributed by atoms with E-state index in [0.29, 0.717) is 23.3 Å². The van der Waals surface area contributed by atoms with Crippen LogP contribution in [-0.4, -0.2) is 85.9 Å². The Morgan fingerprint density at radius 3 is 0.613 bits per heavy atom. The molecule has 8 bridgehead atoms. The zero-order chi connectivity index (χ0) is 55.8. The van der Waals surface area contributed by atoms with Crippen molar-refractivity contribution in [1.82, 2.24) is 39.9 Å². The smallest absolute Gasteiger partial charge is 0.165 e. The molecular weight excluding hydrogens is 1140 g/mol. The predicted octanol–water partition coefficient (Wildman–Crippen LogP) is 22.0. The van der Waals surface area contributed by atoms with Gasteiger partial charge >= 0.3 is 0 Å². The molecule has 5 heterocycles. The fourth-order valence-corrected chi connectivity index (χ4v) is 18.9. The van der Waals surface area contributed by atoms with Crippen molar-refractivity contribution in [2.45, 2.75) is 197 Å². The molecule has 3 aromatic heterocycles. The number of rotatable bonds is 32. The number of unbranched alkanes of at least 4 members (excludes halogenated alkanes) is 8. The van der Waals surface area contributed by atoms with Gasteiger partial charge in [0.1, 0.15) is 22.6 Å². The number of fused-ring (bicyclic) bond motifs is 20. The van der Waals surface area contributed by atoms with Crippen LogP contribution in [0, 0.1) is 0 Å². The van der Waals surface area contributed by atoms with Crippen LogP contribution in [0.5, 0.6) is 0 Å². The highest BCUT2D eigenvalue weighted by Crippen LogP contribution is 2.50. The summed E-state index contributed by atoms with van der Waals surface area (Å²) in [5.41, 5.74) is 7.45. The molecule has 8 nitrogen and oxygen atoms in total. The lowest BCUT2D eigenvalue weighted by Gasteiger charge is -2.12. The summed E-state index contributed by atoms with van der Waals surface area (Å²) in [6.45, 7) is 18.2. The van der Waals surface area contributed by atoms with Crippen molar-refractivity contribution in [3.05, 3.63) is 48.5 Å². The summed E-state index contributed by atoms with van der Waals surface area (Å²) in [5, 5.41) is 4.42. The van der Waals surface area contributed by atoms with Gasteiger partial charge in [-0.15, -0.1) is 94.1 Å². The van der Waals surface area contributed by atoms with Gasteiger partial charge in [-0.05, 0) is 146 Å². The maximum atomic E-state index is 5.85. The third-order valence-corrected chi connectivity index (χ3v) is 23.3. The summed E-state index contributed by atoms with van der Waals surface area (Å²) in [7, 11) is 0. The Kier molecular flexibility index (Phi) is 24.1. The lowest BCUT2D eigenvalue weighted by Crippen LogP contribution is -1.91. The maximum Gasteiger partial charge on any atom is 0.165 e. The Balaban J connectivity index is 1.51. The fourth-order valence-electron chi connectivity index (χ4n) is 9.64. The van der Waals surface area contributed by atoms with Gasteiger partial charge in [0.15, 0.2) is 23.3 Å². The van der Waals surface area contributed by atoms with Crippen molar-refractivity contribution in [1.29, 1.82) is 0 Å². The van der Waals surface area contributed by atoms with Gasteiger partial charge in [-0.2, -0.15) is 0 Å². The van der Waals surface area contributed by atoms with Crippen LogP contribution in [-0.2, 0) is 0 Å². The van der Waals surface area contributed by atoms with E-state index in [1.165, 1.54) is 39.2 Å². The summed E-state index contributed by atoms with van der Waals surface area (Å²) < 4.78 is 0. The number of nitrogens with one attached hydrogen (secondary N) is 2. The first-order chi connectivity index (χ1) is 39.4. The molecule has 0 spiro atoms. The van der Waals surface area contributed by atoms with E-state index in [4.69, 9.17) is 29.9 Å². The van der Waals surface area contributed by atoms with Crippen molar-refractivity contribution >= 4 is 138 Å². The maximum absolute atomic E-state index is 5.85. The second-order valence-electron chi connectivity index (χ2n) is 20.5. The van der Waals surface area contributed by atoms with E-state index >= 15 is 0 Å². The number of aromatic nitrogens is 8. The van der Waals surface area contributed by atoms with Gasteiger partial charge < -0.3 is 9.97 Å². The Morgan fingerprint density at radius 2 is 0.425 bits per heavy atom. The van der Waals surface area contributed by atoms with E-state index in [1.54, 1.807) is 0 Å². The van der Waals surface area contributed by atoms with Crippen LogP contribution in [0.15, 0.2) is 87.7 Å². The van der Waals surface area contributed by atoms with Gasteiger partial charge in [-0.1, -0.05) is 107 Å². The Morgan fingerprint density at radius 1 is 0.250 bits per heavy atom. The van der Waals surface area contributed by atoms with E-state index in [9.17, 15) is 0 Å². The highest BCUT2D eigenvalue weighted by atomic mass is 32.2. The average molecular weight is 1220 g/mol. The molecule has 2 aliphatic rings. The second kappa shape index (κ2) is 31.3. The van der Waals surface area contributed by atoms with Gasteiger partial charge in [0.2, 0.25) is 0 Å². The van der Waals surface area contributed by atoms with Gasteiger partial charge in [-0.25, -0.2) is 29.9 Å². The van der Waals surface area contributed by atoms with E-state index in [-0.39, 0.29) is 0 Å². The lowest BCUT2D eigenvalue weighted by atomic mass is 10.1. The Labute approximate surface area is 511 Å². The molecule has 0 saturated heterocycles. The molecule has 2 N–H and O–H groups in total. The summed E-state index contributed by atoms with van der Waals surface area (Å²) in [6, 6.07) is 18.7. The normalized spacial score (nSPS) is 12.1. The molecule has 0 fully saturated rings. The SMILES string of the molecule is CCCCSc1ccc(SCCCC)c2c1-c1nc-2nc2[nH]c(nc3nc(nc4[nH]c(n1)c1c(SCCCC)ccc(SCCCC)c41)-c1c(SCCCC)ccc(SCCCC)c1-3)c1c(SCCCC)ccc(SCCCC)c21. The van der Waals surface area contributed by atoms with E-state index in [1.807, 2.05) is 94.1 Å². The first kappa shape index (κ1) is 61.6. The summed E-state index contributed by atoms with van der Waals surface area (Å²) in [4.78, 5) is 52.4. The number of H-pyrrole nitrogens is 2. The third-order valence-electron chi connectivity index (χ3n) is 14.2. The molecule has 2 aliphatic heterocycles. The molecule has 0 amide bonds. The number of hydrogen-bond acceptors (Lipinski definition) is 14. The summed E-state index contributed by atoms with van der Waals surface area (Å²) >= 11 is 15.4. The number of benzene rings is 4. The zero-order valence-electron chi connectivity index (χ0n) is 48.5. The molecule has 0 radical (unpaired) electrons. The molecular formula is C64H82N8S8. The van der Waals surface area contributed by atoms with Crippen LogP contribution in [0.3, 0.4) is 0 Å². The van der Waals surface area contributed by atoms with Gasteiger partial charge in [0, 0.05) is 83.0 Å². The quantitative estimate of drug-likeness (QED) is 0.0308. The van der Waals surface area contributed by atoms with E-state index in [2.05, 4.69) is 114 Å². The Hall–Kier alpha value is -2.96. The average Bonchev–Trinajstić information content (AvgIpc) is 4.30. The molecule has 7 aromatic rings. The van der Waals surface area contributed by atoms with Crippen molar-refractivity contribution in [3.63, 3.8) is 0 Å². The van der Waals surface area contributed by atoms with Gasteiger partial charge in [-0.3, -0.25) is 0 Å². The highest BCUT2D eigenvalue weighted by molar-refractivity contribution is 8.01. The first-order valence-electron chi connectivity index (χ1n) is 29.9. The minimum Gasteiger partial charge on any atom is -0.324 e.